The number of carbonyl (C=O) groups excluding carboxylic acids is 1. The molecule has 0 saturated heterocycles. The molecular weight excluding hydrogens is 333 g/mol. The molecule has 2 aromatic carbocycles. The normalized spacial score (nSPS) is 16.3. The van der Waals surface area contributed by atoms with Gasteiger partial charge < -0.3 is 15.1 Å². The molecule has 26 heavy (non-hydrogen) atoms. The zero-order chi connectivity index (χ0) is 18.6. The van der Waals surface area contributed by atoms with Crippen LogP contribution in [0.5, 0.6) is 11.5 Å². The Morgan fingerprint density at radius 3 is 2.38 bits per heavy atom. The molecule has 1 heterocycles. The molecule has 0 spiro atoms. The Balaban J connectivity index is 1.93. The predicted octanol–water partition coefficient (Wildman–Crippen LogP) is 4.22. The minimum absolute atomic E-state index is 0.0392. The van der Waals surface area contributed by atoms with Gasteiger partial charge in [-0.25, -0.2) is 4.39 Å². The summed E-state index contributed by atoms with van der Waals surface area (Å²) in [5.74, 6) is -0.610. The van der Waals surface area contributed by atoms with Crippen LogP contribution in [-0.4, -0.2) is 22.2 Å². The van der Waals surface area contributed by atoms with Crippen molar-refractivity contribution in [1.82, 2.24) is 0 Å². The van der Waals surface area contributed by atoms with E-state index in [1.807, 2.05) is 6.92 Å². The molecule has 0 radical (unpaired) electrons. The third kappa shape index (κ3) is 2.54. The van der Waals surface area contributed by atoms with Crippen molar-refractivity contribution < 1.29 is 19.4 Å². The Bertz CT molecular complexity index is 895. The lowest BCUT2D eigenvalue weighted by Gasteiger charge is -2.20. The third-order valence-corrected chi connectivity index (χ3v) is 5.25. The number of rotatable bonds is 4. The Labute approximate surface area is 151 Å². The maximum Gasteiger partial charge on any atom is 0.231 e. The molecule has 0 bridgehead atoms. The van der Waals surface area contributed by atoms with E-state index in [0.717, 1.165) is 31.2 Å². The number of aromatic hydroxyl groups is 2. The second-order valence-corrected chi connectivity index (χ2v) is 7.31. The summed E-state index contributed by atoms with van der Waals surface area (Å²) >= 11 is 0. The summed E-state index contributed by atoms with van der Waals surface area (Å²) in [5, 5.41) is 21.2. The number of phenols is 2. The zero-order valence-corrected chi connectivity index (χ0v) is 15.0. The Kier molecular flexibility index (Phi) is 3.90. The van der Waals surface area contributed by atoms with Gasteiger partial charge in [-0.15, -0.1) is 0 Å². The van der Waals surface area contributed by atoms with E-state index in [9.17, 15) is 19.4 Å². The fourth-order valence-corrected chi connectivity index (χ4v) is 4.05. The van der Waals surface area contributed by atoms with Gasteiger partial charge in [0, 0.05) is 6.04 Å². The lowest BCUT2D eigenvalue weighted by atomic mass is 9.90. The van der Waals surface area contributed by atoms with Gasteiger partial charge in [0.2, 0.25) is 5.91 Å². The molecule has 2 aliphatic rings. The Hall–Kier alpha value is -2.56. The third-order valence-electron chi connectivity index (χ3n) is 5.25. The molecule has 136 valence electrons. The summed E-state index contributed by atoms with van der Waals surface area (Å²) in [4.78, 5) is 14.1. The highest BCUT2D eigenvalue weighted by molar-refractivity contribution is 6.06. The van der Waals surface area contributed by atoms with Crippen molar-refractivity contribution in [3.8, 4) is 22.6 Å². The van der Waals surface area contributed by atoms with Gasteiger partial charge in [0.15, 0.2) is 0 Å². The predicted molar refractivity (Wildman–Crippen MR) is 98.1 cm³/mol. The van der Waals surface area contributed by atoms with Crippen LogP contribution in [-0.2, 0) is 17.6 Å². The highest BCUT2D eigenvalue weighted by Gasteiger charge is 2.42. The van der Waals surface area contributed by atoms with Crippen LogP contribution in [0.4, 0.5) is 10.1 Å². The number of hydrogen-bond acceptors (Lipinski definition) is 3. The molecular formula is C21H22FNO3. The number of amides is 1. The van der Waals surface area contributed by atoms with Crippen LogP contribution in [0.1, 0.15) is 42.9 Å². The second kappa shape index (κ2) is 6.01. The van der Waals surface area contributed by atoms with E-state index in [2.05, 4.69) is 0 Å². The van der Waals surface area contributed by atoms with Crippen molar-refractivity contribution in [2.75, 3.05) is 4.90 Å². The molecule has 1 aliphatic heterocycles. The average Bonchev–Trinajstić information content (AvgIpc) is 3.32. The largest absolute Gasteiger partial charge is 0.507 e. The quantitative estimate of drug-likeness (QED) is 0.863. The molecule has 2 aromatic rings. The summed E-state index contributed by atoms with van der Waals surface area (Å²) in [5.41, 5.74) is 3.17. The van der Waals surface area contributed by atoms with Gasteiger partial charge in [-0.1, -0.05) is 13.3 Å². The van der Waals surface area contributed by atoms with Gasteiger partial charge in [0.05, 0.1) is 17.7 Å². The number of carbonyl (C=O) groups is 1. The van der Waals surface area contributed by atoms with Crippen LogP contribution in [0.3, 0.4) is 0 Å². The molecule has 1 fully saturated rings. The summed E-state index contributed by atoms with van der Waals surface area (Å²) in [7, 11) is 0. The van der Waals surface area contributed by atoms with Crippen molar-refractivity contribution in [3.05, 3.63) is 40.7 Å². The standard InChI is InChI=1S/C21H22FNO3/c1-3-4-12-8-16(24)20(17(25)9-12)19-11(2)7-15(22)21-14(19)10-18(26)23(21)13-5-6-13/h7-9,13,24-25H,3-6,10H2,1-2H3. The van der Waals surface area contributed by atoms with Crippen LogP contribution in [0.25, 0.3) is 11.1 Å². The number of nitrogens with zero attached hydrogens (tertiary/aromatic N) is 1. The Morgan fingerprint density at radius 2 is 1.81 bits per heavy atom. The average molecular weight is 355 g/mol. The van der Waals surface area contributed by atoms with E-state index >= 15 is 0 Å². The van der Waals surface area contributed by atoms with Gasteiger partial charge in [0.25, 0.3) is 0 Å². The van der Waals surface area contributed by atoms with Crippen LogP contribution < -0.4 is 4.90 Å². The van der Waals surface area contributed by atoms with Gasteiger partial charge in [-0.05, 0) is 66.6 Å². The zero-order valence-electron chi connectivity index (χ0n) is 15.0. The highest BCUT2D eigenvalue weighted by atomic mass is 19.1. The minimum atomic E-state index is -0.416. The van der Waals surface area contributed by atoms with Gasteiger partial charge in [0.1, 0.15) is 17.3 Å². The number of halogens is 1. The highest BCUT2D eigenvalue weighted by Crippen LogP contribution is 2.49. The molecule has 2 N–H and O–H groups in total. The SMILES string of the molecule is CCCc1cc(O)c(-c2c(C)cc(F)c3c2CC(=O)N3C2CC2)c(O)c1. The van der Waals surface area contributed by atoms with Crippen LogP contribution in [0.2, 0.25) is 0 Å². The topological polar surface area (TPSA) is 60.8 Å². The Morgan fingerprint density at radius 1 is 1.15 bits per heavy atom. The maximum atomic E-state index is 14.7. The van der Waals surface area contributed by atoms with E-state index in [-0.39, 0.29) is 35.4 Å². The number of fused-ring (bicyclic) bond motifs is 1. The molecule has 1 saturated carbocycles. The van der Waals surface area contributed by atoms with Crippen molar-refractivity contribution in [2.45, 2.75) is 52.0 Å². The van der Waals surface area contributed by atoms with Crippen molar-refractivity contribution >= 4 is 11.6 Å². The van der Waals surface area contributed by atoms with E-state index in [1.165, 1.54) is 6.07 Å². The number of anilines is 1. The molecule has 0 atom stereocenters. The van der Waals surface area contributed by atoms with Crippen molar-refractivity contribution in [1.29, 1.82) is 0 Å². The molecule has 0 aromatic heterocycles. The van der Waals surface area contributed by atoms with Crippen LogP contribution >= 0.6 is 0 Å². The first-order chi connectivity index (χ1) is 12.4. The maximum absolute atomic E-state index is 14.7. The lowest BCUT2D eigenvalue weighted by molar-refractivity contribution is -0.117. The van der Waals surface area contributed by atoms with E-state index in [0.29, 0.717) is 22.4 Å². The van der Waals surface area contributed by atoms with E-state index in [4.69, 9.17) is 0 Å². The molecule has 4 nitrogen and oxygen atoms in total. The number of benzene rings is 2. The molecule has 4 rings (SSSR count). The summed E-state index contributed by atoms with van der Waals surface area (Å²) in [6.45, 7) is 3.76. The fourth-order valence-electron chi connectivity index (χ4n) is 4.05. The summed E-state index contributed by atoms with van der Waals surface area (Å²) in [6, 6.07) is 4.75. The number of hydrogen-bond donors (Lipinski definition) is 2. The molecule has 5 heteroatoms. The first-order valence-corrected chi connectivity index (χ1v) is 9.11. The first-order valence-electron chi connectivity index (χ1n) is 9.11. The summed E-state index contributed by atoms with van der Waals surface area (Å²) < 4.78 is 14.7. The second-order valence-electron chi connectivity index (χ2n) is 7.31. The summed E-state index contributed by atoms with van der Waals surface area (Å²) in [6.07, 6.45) is 3.51. The lowest BCUT2D eigenvalue weighted by Crippen LogP contribution is -2.29. The number of phenolic OH excluding ortho intramolecular Hbond substituents is 2. The van der Waals surface area contributed by atoms with E-state index < -0.39 is 5.82 Å². The van der Waals surface area contributed by atoms with Crippen LogP contribution in [0.15, 0.2) is 18.2 Å². The van der Waals surface area contributed by atoms with Crippen LogP contribution in [0, 0.1) is 12.7 Å². The van der Waals surface area contributed by atoms with Crippen molar-refractivity contribution in [3.63, 3.8) is 0 Å². The van der Waals surface area contributed by atoms with Crippen molar-refractivity contribution in [2.24, 2.45) is 0 Å². The smallest absolute Gasteiger partial charge is 0.231 e. The fraction of sp³-hybridized carbons (Fsp3) is 0.381. The molecule has 1 amide bonds. The molecule has 0 unspecified atom stereocenters. The van der Waals surface area contributed by atoms with E-state index in [1.54, 1.807) is 24.0 Å². The monoisotopic (exact) mass is 355 g/mol. The molecule has 1 aliphatic carbocycles. The van der Waals surface area contributed by atoms with Gasteiger partial charge >= 0.3 is 0 Å². The minimum Gasteiger partial charge on any atom is -0.507 e. The van der Waals surface area contributed by atoms with Gasteiger partial charge in [-0.2, -0.15) is 0 Å². The number of aryl methyl sites for hydroxylation is 2. The van der Waals surface area contributed by atoms with Gasteiger partial charge in [-0.3, -0.25) is 4.79 Å². The first kappa shape index (κ1) is 16.9.